The highest BCUT2D eigenvalue weighted by atomic mass is 35.5. The minimum absolute atomic E-state index is 0.0927. The van der Waals surface area contributed by atoms with Crippen LogP contribution in [0.4, 0.5) is 5.69 Å². The van der Waals surface area contributed by atoms with E-state index in [0.29, 0.717) is 10.8 Å². The molecule has 3 N–H and O–H groups in total. The Morgan fingerprint density at radius 2 is 1.95 bits per heavy atom. The van der Waals surface area contributed by atoms with Crippen LogP contribution in [0.25, 0.3) is 0 Å². The monoisotopic (exact) mass is 352 g/mol. The van der Waals surface area contributed by atoms with Crippen LogP contribution < -0.4 is 19.9 Å². The van der Waals surface area contributed by atoms with Crippen molar-refractivity contribution in [2.24, 2.45) is 5.73 Å². The maximum absolute atomic E-state index is 12.3. The lowest BCUT2D eigenvalue weighted by Gasteiger charge is -2.18. The fourth-order valence-corrected chi connectivity index (χ4v) is 3.87. The molecule has 21 heavy (non-hydrogen) atoms. The number of thiocarbonyl (C=S) groups is 1. The third-order valence-electron chi connectivity index (χ3n) is 2.79. The second kappa shape index (κ2) is 7.15. The first kappa shape index (κ1) is 17.8. The SMILES string of the molecule is CCC(C(N)=S)S(=O)(=O)Nc1cc(OC)c(Cl)cc1OC. The summed E-state index contributed by atoms with van der Waals surface area (Å²) in [6.45, 7) is 1.68. The molecule has 0 aliphatic carbocycles. The zero-order valence-electron chi connectivity index (χ0n) is 11.8. The summed E-state index contributed by atoms with van der Waals surface area (Å²) in [6, 6.07) is 2.89. The number of anilines is 1. The zero-order chi connectivity index (χ0) is 16.2. The highest BCUT2D eigenvalue weighted by Gasteiger charge is 2.27. The fraction of sp³-hybridized carbons (Fsp3) is 0.417. The highest BCUT2D eigenvalue weighted by molar-refractivity contribution is 7.95. The van der Waals surface area contributed by atoms with Gasteiger partial charge < -0.3 is 15.2 Å². The third-order valence-corrected chi connectivity index (χ3v) is 5.36. The van der Waals surface area contributed by atoms with Gasteiger partial charge in [0.05, 0.1) is 29.9 Å². The molecule has 0 bridgehead atoms. The molecule has 0 heterocycles. The van der Waals surface area contributed by atoms with Crippen molar-refractivity contribution in [1.82, 2.24) is 0 Å². The minimum Gasteiger partial charge on any atom is -0.495 e. The summed E-state index contributed by atoms with van der Waals surface area (Å²) >= 11 is 10.8. The van der Waals surface area contributed by atoms with E-state index in [-0.39, 0.29) is 22.8 Å². The van der Waals surface area contributed by atoms with Gasteiger partial charge in [0.1, 0.15) is 16.7 Å². The van der Waals surface area contributed by atoms with Gasteiger partial charge in [-0.3, -0.25) is 4.72 Å². The van der Waals surface area contributed by atoms with Gasteiger partial charge in [0.15, 0.2) is 0 Å². The van der Waals surface area contributed by atoms with Crippen LogP contribution in [-0.2, 0) is 10.0 Å². The van der Waals surface area contributed by atoms with Gasteiger partial charge in [-0.2, -0.15) is 0 Å². The Hall–Kier alpha value is -1.25. The molecule has 1 aromatic rings. The predicted molar refractivity (Wildman–Crippen MR) is 88.0 cm³/mol. The molecule has 1 unspecified atom stereocenters. The van der Waals surface area contributed by atoms with E-state index in [2.05, 4.69) is 4.72 Å². The summed E-state index contributed by atoms with van der Waals surface area (Å²) in [6.07, 6.45) is 0.262. The molecule has 6 nitrogen and oxygen atoms in total. The second-order valence-electron chi connectivity index (χ2n) is 4.13. The standard InChI is InChI=1S/C12H17ClN2O4S2/c1-4-11(12(14)20)21(16,17)15-8-6-9(18-2)7(13)5-10(8)19-3/h5-6,11,15H,4H2,1-3H3,(H2,14,20). The molecule has 0 radical (unpaired) electrons. The molecule has 0 saturated carbocycles. The van der Waals surface area contributed by atoms with Crippen molar-refractivity contribution in [3.63, 3.8) is 0 Å². The number of methoxy groups -OCH3 is 2. The molecular weight excluding hydrogens is 336 g/mol. The van der Waals surface area contributed by atoms with Gasteiger partial charge in [-0.15, -0.1) is 0 Å². The van der Waals surface area contributed by atoms with Crippen LogP contribution in [0.1, 0.15) is 13.3 Å². The largest absolute Gasteiger partial charge is 0.495 e. The highest BCUT2D eigenvalue weighted by Crippen LogP contribution is 2.36. The zero-order valence-corrected chi connectivity index (χ0v) is 14.2. The summed E-state index contributed by atoms with van der Waals surface area (Å²) in [5, 5.41) is -0.669. The number of nitrogens with one attached hydrogen (secondary N) is 1. The second-order valence-corrected chi connectivity index (χ2v) is 6.88. The molecule has 1 aromatic carbocycles. The van der Waals surface area contributed by atoms with Crippen molar-refractivity contribution in [2.75, 3.05) is 18.9 Å². The summed E-state index contributed by atoms with van der Waals surface area (Å²) in [5.41, 5.74) is 5.68. The van der Waals surface area contributed by atoms with Crippen molar-refractivity contribution in [1.29, 1.82) is 0 Å². The average molecular weight is 353 g/mol. The first-order valence-corrected chi connectivity index (χ1v) is 8.32. The number of nitrogens with two attached hydrogens (primary N) is 1. The van der Waals surface area contributed by atoms with Gasteiger partial charge in [0.25, 0.3) is 0 Å². The number of rotatable bonds is 7. The van der Waals surface area contributed by atoms with E-state index >= 15 is 0 Å². The molecule has 9 heteroatoms. The van der Waals surface area contributed by atoms with Gasteiger partial charge in [-0.25, -0.2) is 8.42 Å². The molecule has 0 aliphatic rings. The Balaban J connectivity index is 3.26. The van der Waals surface area contributed by atoms with Crippen LogP contribution in [0.3, 0.4) is 0 Å². The topological polar surface area (TPSA) is 90.7 Å². The van der Waals surface area contributed by atoms with Crippen molar-refractivity contribution >= 4 is 44.5 Å². The molecule has 0 spiro atoms. The van der Waals surface area contributed by atoms with Crippen LogP contribution in [0, 0.1) is 0 Å². The molecule has 0 aromatic heterocycles. The van der Waals surface area contributed by atoms with Crippen LogP contribution in [0.2, 0.25) is 5.02 Å². The average Bonchev–Trinajstić information content (AvgIpc) is 2.39. The van der Waals surface area contributed by atoms with Crippen molar-refractivity contribution in [3.05, 3.63) is 17.2 Å². The lowest BCUT2D eigenvalue weighted by molar-refractivity contribution is 0.405. The van der Waals surface area contributed by atoms with E-state index < -0.39 is 15.3 Å². The van der Waals surface area contributed by atoms with Crippen molar-refractivity contribution in [3.8, 4) is 11.5 Å². The summed E-state index contributed by atoms with van der Waals surface area (Å²) in [5.74, 6) is 0.584. The molecule has 1 rings (SSSR count). The van der Waals surface area contributed by atoms with Crippen molar-refractivity contribution < 1.29 is 17.9 Å². The van der Waals surface area contributed by atoms with Gasteiger partial charge >= 0.3 is 0 Å². The Morgan fingerprint density at radius 1 is 1.38 bits per heavy atom. The maximum Gasteiger partial charge on any atom is 0.242 e. The molecule has 0 aliphatic heterocycles. The molecule has 0 fully saturated rings. The van der Waals surface area contributed by atoms with E-state index in [0.717, 1.165) is 0 Å². The van der Waals surface area contributed by atoms with Gasteiger partial charge in [0.2, 0.25) is 10.0 Å². The molecule has 1 atom stereocenters. The number of sulfonamides is 1. The fourth-order valence-electron chi connectivity index (χ4n) is 1.74. The number of ether oxygens (including phenoxy) is 2. The Morgan fingerprint density at radius 3 is 2.38 bits per heavy atom. The maximum atomic E-state index is 12.3. The first-order chi connectivity index (χ1) is 9.76. The van der Waals surface area contributed by atoms with Crippen LogP contribution in [0.15, 0.2) is 12.1 Å². The Labute approximate surface area is 134 Å². The lowest BCUT2D eigenvalue weighted by Crippen LogP contribution is -2.37. The number of halogens is 1. The minimum atomic E-state index is -3.79. The Bertz CT molecular complexity index is 634. The van der Waals surface area contributed by atoms with Gasteiger partial charge in [-0.1, -0.05) is 30.7 Å². The normalized spacial score (nSPS) is 12.6. The predicted octanol–water partition coefficient (Wildman–Crippen LogP) is 2.16. The summed E-state index contributed by atoms with van der Waals surface area (Å²) in [4.78, 5) is -0.0927. The number of benzene rings is 1. The van der Waals surface area contributed by atoms with Crippen LogP contribution in [0.5, 0.6) is 11.5 Å². The van der Waals surface area contributed by atoms with Crippen LogP contribution >= 0.6 is 23.8 Å². The molecule has 0 amide bonds. The number of hydrogen-bond donors (Lipinski definition) is 2. The Kier molecular flexibility index (Phi) is 6.06. The summed E-state index contributed by atoms with van der Waals surface area (Å²) < 4.78 is 37.2. The van der Waals surface area contributed by atoms with E-state index in [1.807, 2.05) is 0 Å². The number of hydrogen-bond acceptors (Lipinski definition) is 5. The summed E-state index contributed by atoms with van der Waals surface area (Å²) in [7, 11) is -0.960. The van der Waals surface area contributed by atoms with E-state index in [1.165, 1.54) is 26.4 Å². The van der Waals surface area contributed by atoms with E-state index in [4.69, 9.17) is 39.0 Å². The molecule has 0 saturated heterocycles. The lowest BCUT2D eigenvalue weighted by atomic mass is 10.3. The first-order valence-electron chi connectivity index (χ1n) is 5.99. The van der Waals surface area contributed by atoms with E-state index in [1.54, 1.807) is 6.92 Å². The quantitative estimate of drug-likeness (QED) is 0.731. The van der Waals surface area contributed by atoms with E-state index in [9.17, 15) is 8.42 Å². The molecular formula is C12H17ClN2O4S2. The molecule has 118 valence electrons. The van der Waals surface area contributed by atoms with Crippen LogP contribution in [-0.4, -0.2) is 32.9 Å². The van der Waals surface area contributed by atoms with Crippen molar-refractivity contribution in [2.45, 2.75) is 18.6 Å². The van der Waals surface area contributed by atoms with Gasteiger partial charge in [-0.05, 0) is 6.42 Å². The third kappa shape index (κ3) is 4.12. The smallest absolute Gasteiger partial charge is 0.242 e. The van der Waals surface area contributed by atoms with Gasteiger partial charge in [0, 0.05) is 12.1 Å².